The molecule has 2 amide bonds. The van der Waals surface area contributed by atoms with Crippen LogP contribution in [0.15, 0.2) is 84.9 Å². The second-order valence-electron chi connectivity index (χ2n) is 6.27. The first-order valence-corrected chi connectivity index (χ1v) is 9.05. The van der Waals surface area contributed by atoms with Gasteiger partial charge in [-0.25, -0.2) is 4.79 Å². The first kappa shape index (κ1) is 17.7. The normalized spacial score (nSPS) is 10.3. The molecule has 3 aromatic carbocycles. The van der Waals surface area contributed by atoms with Crippen LogP contribution in [-0.2, 0) is 6.42 Å². The number of rotatable bonds is 7. The summed E-state index contributed by atoms with van der Waals surface area (Å²) < 4.78 is 0. The zero-order valence-electron chi connectivity index (χ0n) is 14.8. The first-order valence-electron chi connectivity index (χ1n) is 9.05. The maximum absolute atomic E-state index is 12.0. The highest BCUT2D eigenvalue weighted by Crippen LogP contribution is 2.20. The van der Waals surface area contributed by atoms with Crippen LogP contribution < -0.4 is 10.6 Å². The molecule has 0 heterocycles. The summed E-state index contributed by atoms with van der Waals surface area (Å²) in [6.07, 6.45) is 3.08. The third-order valence-electron chi connectivity index (χ3n) is 4.27. The molecule has 2 N–H and O–H groups in total. The van der Waals surface area contributed by atoms with Crippen LogP contribution in [0.3, 0.4) is 0 Å². The molecule has 0 aliphatic heterocycles. The Bertz CT molecular complexity index is 799. The van der Waals surface area contributed by atoms with E-state index in [0.717, 1.165) is 30.5 Å². The summed E-state index contributed by atoms with van der Waals surface area (Å²) in [4.78, 5) is 12.0. The molecule has 0 bridgehead atoms. The van der Waals surface area contributed by atoms with Gasteiger partial charge in [0.05, 0.1) is 0 Å². The summed E-state index contributed by atoms with van der Waals surface area (Å²) in [6.45, 7) is 0.681. The van der Waals surface area contributed by atoms with Gasteiger partial charge in [-0.05, 0) is 48.1 Å². The van der Waals surface area contributed by atoms with E-state index in [0.29, 0.717) is 6.54 Å². The Labute approximate surface area is 155 Å². The van der Waals surface area contributed by atoms with Crippen molar-refractivity contribution in [2.75, 3.05) is 11.9 Å². The van der Waals surface area contributed by atoms with Gasteiger partial charge in [-0.1, -0.05) is 72.8 Å². The number of nitrogens with one attached hydrogen (secondary N) is 2. The van der Waals surface area contributed by atoms with Gasteiger partial charge in [-0.15, -0.1) is 0 Å². The average Bonchev–Trinajstić information content (AvgIpc) is 2.70. The number of anilines is 1. The lowest BCUT2D eigenvalue weighted by atomic mass is 10.1. The van der Waals surface area contributed by atoms with Crippen molar-refractivity contribution in [2.45, 2.75) is 19.3 Å². The highest BCUT2D eigenvalue weighted by molar-refractivity contribution is 5.89. The first-order chi connectivity index (χ1) is 12.8. The number of hydrogen-bond donors (Lipinski definition) is 2. The highest BCUT2D eigenvalue weighted by Gasteiger charge is 2.02. The second kappa shape index (κ2) is 9.42. The minimum Gasteiger partial charge on any atom is -0.338 e. The summed E-state index contributed by atoms with van der Waals surface area (Å²) in [7, 11) is 0. The summed E-state index contributed by atoms with van der Waals surface area (Å²) in [5.74, 6) is 0. The lowest BCUT2D eigenvalue weighted by Crippen LogP contribution is -2.29. The lowest BCUT2D eigenvalue weighted by Gasteiger charge is -2.09. The molecular formula is C23H24N2O. The number of aryl methyl sites for hydroxylation is 1. The number of amides is 2. The van der Waals surface area contributed by atoms with E-state index in [4.69, 9.17) is 0 Å². The van der Waals surface area contributed by atoms with Crippen molar-refractivity contribution in [1.82, 2.24) is 5.32 Å². The molecule has 0 aliphatic rings. The Kier molecular flexibility index (Phi) is 6.43. The number of benzene rings is 3. The van der Waals surface area contributed by atoms with Crippen LogP contribution in [-0.4, -0.2) is 12.6 Å². The largest absolute Gasteiger partial charge is 0.338 e. The van der Waals surface area contributed by atoms with E-state index in [1.807, 2.05) is 48.5 Å². The number of urea groups is 1. The smallest absolute Gasteiger partial charge is 0.319 e. The van der Waals surface area contributed by atoms with E-state index in [1.54, 1.807) is 0 Å². The molecule has 0 aromatic heterocycles. The Hall–Kier alpha value is -3.07. The maximum Gasteiger partial charge on any atom is 0.319 e. The SMILES string of the molecule is O=C(NCCCCc1ccccc1)Nc1ccc(-c2ccccc2)cc1. The fourth-order valence-corrected chi connectivity index (χ4v) is 2.85. The quantitative estimate of drug-likeness (QED) is 0.546. The van der Waals surface area contributed by atoms with Crippen LogP contribution >= 0.6 is 0 Å². The monoisotopic (exact) mass is 344 g/mol. The van der Waals surface area contributed by atoms with Crippen molar-refractivity contribution in [1.29, 1.82) is 0 Å². The van der Waals surface area contributed by atoms with E-state index in [2.05, 4.69) is 47.0 Å². The third-order valence-corrected chi connectivity index (χ3v) is 4.27. The van der Waals surface area contributed by atoms with Gasteiger partial charge in [-0.2, -0.15) is 0 Å². The van der Waals surface area contributed by atoms with Crippen molar-refractivity contribution >= 4 is 11.7 Å². The van der Waals surface area contributed by atoms with Gasteiger partial charge in [0.2, 0.25) is 0 Å². The summed E-state index contributed by atoms with van der Waals surface area (Å²) in [5, 5.41) is 5.79. The van der Waals surface area contributed by atoms with Gasteiger partial charge in [0.25, 0.3) is 0 Å². The fourth-order valence-electron chi connectivity index (χ4n) is 2.85. The molecule has 3 aromatic rings. The minimum absolute atomic E-state index is 0.155. The molecule has 0 spiro atoms. The molecule has 3 heteroatoms. The number of unbranched alkanes of at least 4 members (excludes halogenated alkanes) is 1. The Balaban J connectivity index is 1.38. The van der Waals surface area contributed by atoms with Crippen LogP contribution in [0.2, 0.25) is 0 Å². The van der Waals surface area contributed by atoms with Gasteiger partial charge in [0, 0.05) is 12.2 Å². The van der Waals surface area contributed by atoms with Gasteiger partial charge >= 0.3 is 6.03 Å². The molecule has 0 saturated carbocycles. The molecular weight excluding hydrogens is 320 g/mol. The van der Waals surface area contributed by atoms with E-state index in [9.17, 15) is 4.79 Å². The Morgan fingerprint density at radius 1 is 0.692 bits per heavy atom. The number of carbonyl (C=O) groups excluding carboxylic acids is 1. The zero-order chi connectivity index (χ0) is 18.0. The topological polar surface area (TPSA) is 41.1 Å². The van der Waals surface area contributed by atoms with Gasteiger partial charge in [-0.3, -0.25) is 0 Å². The van der Waals surface area contributed by atoms with E-state index < -0.39 is 0 Å². The molecule has 0 unspecified atom stereocenters. The van der Waals surface area contributed by atoms with E-state index in [1.165, 1.54) is 11.1 Å². The van der Waals surface area contributed by atoms with Crippen LogP contribution in [0.25, 0.3) is 11.1 Å². The molecule has 0 radical (unpaired) electrons. The molecule has 3 rings (SSSR count). The third kappa shape index (κ3) is 5.49. The molecule has 0 atom stereocenters. The highest BCUT2D eigenvalue weighted by atomic mass is 16.2. The Morgan fingerprint density at radius 3 is 2.00 bits per heavy atom. The number of carbonyl (C=O) groups is 1. The predicted molar refractivity (Wildman–Crippen MR) is 108 cm³/mol. The summed E-state index contributed by atoms with van der Waals surface area (Å²) >= 11 is 0. The molecule has 132 valence electrons. The van der Waals surface area contributed by atoms with Crippen molar-refractivity contribution in [3.05, 3.63) is 90.5 Å². The van der Waals surface area contributed by atoms with Crippen molar-refractivity contribution < 1.29 is 4.79 Å². The molecule has 0 aliphatic carbocycles. The molecule has 0 saturated heterocycles. The number of hydrogen-bond acceptors (Lipinski definition) is 1. The van der Waals surface area contributed by atoms with E-state index in [-0.39, 0.29) is 6.03 Å². The van der Waals surface area contributed by atoms with Crippen LogP contribution in [0.4, 0.5) is 10.5 Å². The van der Waals surface area contributed by atoms with E-state index >= 15 is 0 Å². The van der Waals surface area contributed by atoms with Crippen molar-refractivity contribution in [3.8, 4) is 11.1 Å². The molecule has 26 heavy (non-hydrogen) atoms. The van der Waals surface area contributed by atoms with Gasteiger partial charge in [0.15, 0.2) is 0 Å². The summed E-state index contributed by atoms with van der Waals surface area (Å²) in [6, 6.07) is 28.4. The van der Waals surface area contributed by atoms with Crippen LogP contribution in [0.1, 0.15) is 18.4 Å². The predicted octanol–water partition coefficient (Wildman–Crippen LogP) is 5.50. The maximum atomic E-state index is 12.0. The second-order valence-corrected chi connectivity index (χ2v) is 6.27. The zero-order valence-corrected chi connectivity index (χ0v) is 14.8. The van der Waals surface area contributed by atoms with Crippen molar-refractivity contribution in [2.24, 2.45) is 0 Å². The molecule has 0 fully saturated rings. The lowest BCUT2D eigenvalue weighted by molar-refractivity contribution is 0.252. The van der Waals surface area contributed by atoms with Gasteiger partial charge in [0.1, 0.15) is 0 Å². The van der Waals surface area contributed by atoms with Crippen molar-refractivity contribution in [3.63, 3.8) is 0 Å². The summed E-state index contributed by atoms with van der Waals surface area (Å²) in [5.41, 5.74) is 4.45. The Morgan fingerprint density at radius 2 is 1.31 bits per heavy atom. The van der Waals surface area contributed by atoms with Gasteiger partial charge < -0.3 is 10.6 Å². The standard InChI is InChI=1S/C23H24N2O/c26-23(24-18-8-7-11-19-9-3-1-4-10-19)25-22-16-14-21(15-17-22)20-12-5-2-6-13-20/h1-6,9-10,12-17H,7-8,11,18H2,(H2,24,25,26). The molecule has 3 nitrogen and oxygen atoms in total. The van der Waals surface area contributed by atoms with Crippen LogP contribution in [0.5, 0.6) is 0 Å². The minimum atomic E-state index is -0.155. The average molecular weight is 344 g/mol. The van der Waals surface area contributed by atoms with Crippen LogP contribution in [0, 0.1) is 0 Å². The fraction of sp³-hybridized carbons (Fsp3) is 0.174.